The minimum Gasteiger partial charge on any atom is -0.356 e. The van der Waals surface area contributed by atoms with Gasteiger partial charge in [0.15, 0.2) is 0 Å². The van der Waals surface area contributed by atoms with E-state index in [0.717, 1.165) is 51.6 Å². The fraction of sp³-hybridized carbons (Fsp3) is 0.600. The predicted molar refractivity (Wildman–Crippen MR) is 94.4 cm³/mol. The van der Waals surface area contributed by atoms with Crippen LogP contribution in [0.15, 0.2) is 24.3 Å². The van der Waals surface area contributed by atoms with Crippen molar-refractivity contribution in [2.45, 2.75) is 44.9 Å². The Morgan fingerprint density at radius 1 is 1.04 bits per heavy atom. The van der Waals surface area contributed by atoms with Crippen molar-refractivity contribution in [3.8, 4) is 0 Å². The highest BCUT2D eigenvalue weighted by molar-refractivity contribution is 5.88. The van der Waals surface area contributed by atoms with Crippen molar-refractivity contribution < 1.29 is 14.0 Å². The van der Waals surface area contributed by atoms with Gasteiger partial charge in [-0.15, -0.1) is 0 Å². The fourth-order valence-corrected chi connectivity index (χ4v) is 4.06. The molecule has 136 valence electrons. The van der Waals surface area contributed by atoms with Gasteiger partial charge < -0.3 is 10.2 Å². The Morgan fingerprint density at radius 2 is 1.72 bits per heavy atom. The van der Waals surface area contributed by atoms with Gasteiger partial charge in [0.1, 0.15) is 5.82 Å². The summed E-state index contributed by atoms with van der Waals surface area (Å²) in [6, 6.07) is 6.63. The smallest absolute Gasteiger partial charge is 0.226 e. The maximum atomic E-state index is 13.6. The third kappa shape index (κ3) is 4.39. The van der Waals surface area contributed by atoms with E-state index in [4.69, 9.17) is 0 Å². The van der Waals surface area contributed by atoms with Crippen molar-refractivity contribution in [3.05, 3.63) is 35.6 Å². The van der Waals surface area contributed by atoms with Crippen LogP contribution in [0.25, 0.3) is 0 Å². The SMILES string of the molecule is O=C(NCCc1ccccc1F)[C@H]1CCCC[C@H]1C(=O)N1CCCC1. The van der Waals surface area contributed by atoms with Gasteiger partial charge in [0.05, 0.1) is 0 Å². The van der Waals surface area contributed by atoms with E-state index in [-0.39, 0.29) is 29.5 Å². The topological polar surface area (TPSA) is 49.4 Å². The molecular formula is C20H27FN2O2. The molecule has 0 radical (unpaired) electrons. The van der Waals surface area contributed by atoms with Gasteiger partial charge in [-0.05, 0) is 43.7 Å². The Morgan fingerprint density at radius 3 is 2.44 bits per heavy atom. The summed E-state index contributed by atoms with van der Waals surface area (Å²) in [5, 5.41) is 2.93. The van der Waals surface area contributed by atoms with Crippen LogP contribution in [0.1, 0.15) is 44.1 Å². The van der Waals surface area contributed by atoms with E-state index in [1.165, 1.54) is 6.07 Å². The molecule has 1 heterocycles. The number of benzene rings is 1. The van der Waals surface area contributed by atoms with E-state index in [9.17, 15) is 14.0 Å². The van der Waals surface area contributed by atoms with Gasteiger partial charge in [-0.1, -0.05) is 31.0 Å². The Balaban J connectivity index is 1.55. The Hall–Kier alpha value is -1.91. The molecule has 0 spiro atoms. The second-order valence-electron chi connectivity index (χ2n) is 7.16. The molecule has 25 heavy (non-hydrogen) atoms. The van der Waals surface area contributed by atoms with Crippen LogP contribution in [0, 0.1) is 17.7 Å². The first-order valence-corrected chi connectivity index (χ1v) is 9.46. The molecule has 3 rings (SSSR count). The van der Waals surface area contributed by atoms with E-state index >= 15 is 0 Å². The highest BCUT2D eigenvalue weighted by Crippen LogP contribution is 2.32. The summed E-state index contributed by atoms with van der Waals surface area (Å²) in [6.45, 7) is 2.06. The summed E-state index contributed by atoms with van der Waals surface area (Å²) >= 11 is 0. The average Bonchev–Trinajstić information content (AvgIpc) is 3.17. The molecule has 1 N–H and O–H groups in total. The van der Waals surface area contributed by atoms with E-state index < -0.39 is 0 Å². The van der Waals surface area contributed by atoms with Crippen LogP contribution < -0.4 is 5.32 Å². The van der Waals surface area contributed by atoms with Crippen molar-refractivity contribution in [2.24, 2.45) is 11.8 Å². The quantitative estimate of drug-likeness (QED) is 0.891. The lowest BCUT2D eigenvalue weighted by molar-refractivity contribution is -0.142. The van der Waals surface area contributed by atoms with Gasteiger partial charge in [-0.2, -0.15) is 0 Å². The monoisotopic (exact) mass is 346 g/mol. The summed E-state index contributed by atoms with van der Waals surface area (Å²) in [5.41, 5.74) is 0.608. The molecule has 0 unspecified atom stereocenters. The molecule has 2 atom stereocenters. The second kappa shape index (κ2) is 8.45. The van der Waals surface area contributed by atoms with E-state index in [2.05, 4.69) is 5.32 Å². The number of nitrogens with one attached hydrogen (secondary N) is 1. The van der Waals surface area contributed by atoms with Gasteiger partial charge in [0, 0.05) is 31.5 Å². The minimum atomic E-state index is -0.239. The van der Waals surface area contributed by atoms with Gasteiger partial charge in [0.25, 0.3) is 0 Å². The zero-order valence-corrected chi connectivity index (χ0v) is 14.7. The number of hydrogen-bond donors (Lipinski definition) is 1. The number of likely N-dealkylation sites (tertiary alicyclic amines) is 1. The van der Waals surface area contributed by atoms with Crippen LogP contribution in [0.4, 0.5) is 4.39 Å². The molecule has 1 aromatic carbocycles. The molecular weight excluding hydrogens is 319 g/mol. The molecule has 1 aliphatic carbocycles. The van der Waals surface area contributed by atoms with Crippen LogP contribution in [0.5, 0.6) is 0 Å². The van der Waals surface area contributed by atoms with Crippen molar-refractivity contribution in [1.82, 2.24) is 10.2 Å². The number of carbonyl (C=O) groups is 2. The third-order valence-corrected chi connectivity index (χ3v) is 5.49. The lowest BCUT2D eigenvalue weighted by atomic mass is 9.78. The molecule has 0 aromatic heterocycles. The van der Waals surface area contributed by atoms with Gasteiger partial charge in [-0.3, -0.25) is 9.59 Å². The number of halogens is 1. The molecule has 2 amide bonds. The van der Waals surface area contributed by atoms with Gasteiger partial charge >= 0.3 is 0 Å². The average molecular weight is 346 g/mol. The molecule has 5 heteroatoms. The predicted octanol–water partition coefficient (Wildman–Crippen LogP) is 2.91. The summed E-state index contributed by atoms with van der Waals surface area (Å²) in [5.74, 6) is -0.542. The number of rotatable bonds is 5. The van der Waals surface area contributed by atoms with Gasteiger partial charge in [-0.25, -0.2) is 4.39 Å². The lowest BCUT2D eigenvalue weighted by Crippen LogP contribution is -2.45. The van der Waals surface area contributed by atoms with Gasteiger partial charge in [0.2, 0.25) is 11.8 Å². The maximum absolute atomic E-state index is 13.6. The lowest BCUT2D eigenvalue weighted by Gasteiger charge is -2.32. The number of hydrogen-bond acceptors (Lipinski definition) is 2. The van der Waals surface area contributed by atoms with Crippen molar-refractivity contribution in [2.75, 3.05) is 19.6 Å². The number of nitrogens with zero attached hydrogens (tertiary/aromatic N) is 1. The normalized spacial score (nSPS) is 23.5. The Kier molecular flexibility index (Phi) is 6.05. The molecule has 4 nitrogen and oxygen atoms in total. The summed E-state index contributed by atoms with van der Waals surface area (Å²) in [6.07, 6.45) is 6.20. The van der Waals surface area contributed by atoms with Crippen LogP contribution >= 0.6 is 0 Å². The molecule has 1 aliphatic heterocycles. The van der Waals surface area contributed by atoms with Crippen LogP contribution in [-0.2, 0) is 16.0 Å². The summed E-state index contributed by atoms with van der Waals surface area (Å²) in [7, 11) is 0. The van der Waals surface area contributed by atoms with Crippen LogP contribution in [0.3, 0.4) is 0 Å². The number of carbonyl (C=O) groups excluding carboxylic acids is 2. The Labute approximate surface area is 148 Å². The summed E-state index contributed by atoms with van der Waals surface area (Å²) < 4.78 is 13.6. The standard InChI is InChI=1S/C20H27FN2O2/c21-18-10-4-1-7-15(18)11-12-22-19(24)16-8-2-3-9-17(16)20(25)23-13-5-6-14-23/h1,4,7,10,16-17H,2-3,5-6,8-9,11-14H2,(H,22,24)/t16-,17+/m0/s1. The molecule has 1 aromatic rings. The first-order chi connectivity index (χ1) is 12.2. The first-order valence-electron chi connectivity index (χ1n) is 9.46. The fourth-order valence-electron chi connectivity index (χ4n) is 4.06. The van der Waals surface area contributed by atoms with E-state index in [1.54, 1.807) is 18.2 Å². The van der Waals surface area contributed by atoms with Crippen LogP contribution in [-0.4, -0.2) is 36.3 Å². The van der Waals surface area contributed by atoms with Crippen molar-refractivity contribution in [3.63, 3.8) is 0 Å². The zero-order valence-electron chi connectivity index (χ0n) is 14.7. The van der Waals surface area contributed by atoms with Crippen LogP contribution in [0.2, 0.25) is 0 Å². The zero-order chi connectivity index (χ0) is 17.6. The minimum absolute atomic E-state index is 0.0476. The molecule has 2 aliphatic rings. The second-order valence-corrected chi connectivity index (χ2v) is 7.16. The third-order valence-electron chi connectivity index (χ3n) is 5.49. The summed E-state index contributed by atoms with van der Waals surface area (Å²) in [4.78, 5) is 27.3. The van der Waals surface area contributed by atoms with E-state index in [1.807, 2.05) is 4.90 Å². The largest absolute Gasteiger partial charge is 0.356 e. The molecule has 1 saturated carbocycles. The number of amides is 2. The molecule has 2 fully saturated rings. The molecule has 0 bridgehead atoms. The molecule has 1 saturated heterocycles. The maximum Gasteiger partial charge on any atom is 0.226 e. The first kappa shape index (κ1) is 17.9. The Bertz CT molecular complexity index is 613. The van der Waals surface area contributed by atoms with E-state index in [0.29, 0.717) is 18.5 Å². The van der Waals surface area contributed by atoms with Crippen molar-refractivity contribution in [1.29, 1.82) is 0 Å². The highest BCUT2D eigenvalue weighted by atomic mass is 19.1. The highest BCUT2D eigenvalue weighted by Gasteiger charge is 2.38. The van der Waals surface area contributed by atoms with Crippen molar-refractivity contribution >= 4 is 11.8 Å².